The number of halogens is 2. The van der Waals surface area contributed by atoms with Crippen LogP contribution in [0.15, 0.2) is 23.1 Å². The lowest BCUT2D eigenvalue weighted by Gasteiger charge is -2.15. The van der Waals surface area contributed by atoms with E-state index in [9.17, 15) is 13.2 Å². The Labute approximate surface area is 122 Å². The van der Waals surface area contributed by atoms with Crippen LogP contribution in [0, 0.1) is 0 Å². The Morgan fingerprint density at radius 1 is 1.32 bits per heavy atom. The molecule has 0 aliphatic rings. The van der Waals surface area contributed by atoms with Gasteiger partial charge in [-0.25, -0.2) is 8.42 Å². The number of nitrogens with one attached hydrogen (secondary N) is 1. The summed E-state index contributed by atoms with van der Waals surface area (Å²) < 4.78 is 22.5. The lowest BCUT2D eigenvalue weighted by molar-refractivity contribution is 0.0935. The SMILES string of the molecule is CCC(CC)NC(=O)c1cc(S(=O)(=O)Cl)ccc1Cl. The first-order valence-corrected chi connectivity index (χ1v) is 8.53. The number of hydrogen-bond donors (Lipinski definition) is 1. The lowest BCUT2D eigenvalue weighted by Crippen LogP contribution is -2.34. The summed E-state index contributed by atoms with van der Waals surface area (Å²) in [5.74, 6) is -0.402. The molecule has 0 bridgehead atoms. The Morgan fingerprint density at radius 3 is 2.37 bits per heavy atom. The maximum absolute atomic E-state index is 12.0. The van der Waals surface area contributed by atoms with E-state index in [1.54, 1.807) is 0 Å². The Kier molecular flexibility index (Phi) is 5.64. The average molecular weight is 324 g/mol. The van der Waals surface area contributed by atoms with Crippen LogP contribution < -0.4 is 5.32 Å². The van der Waals surface area contributed by atoms with Gasteiger partial charge in [0, 0.05) is 16.7 Å². The van der Waals surface area contributed by atoms with Crippen molar-refractivity contribution in [3.8, 4) is 0 Å². The molecule has 0 unspecified atom stereocenters. The molecule has 1 aromatic rings. The second-order valence-electron chi connectivity index (χ2n) is 4.07. The number of rotatable bonds is 5. The van der Waals surface area contributed by atoms with E-state index in [1.807, 2.05) is 13.8 Å². The summed E-state index contributed by atoms with van der Waals surface area (Å²) in [5, 5.41) is 2.98. The molecule has 0 atom stereocenters. The molecule has 1 amide bonds. The fraction of sp³-hybridized carbons (Fsp3) is 0.417. The van der Waals surface area contributed by atoms with Crippen LogP contribution in [-0.4, -0.2) is 20.4 Å². The van der Waals surface area contributed by atoms with Crippen molar-refractivity contribution in [2.24, 2.45) is 0 Å². The number of carbonyl (C=O) groups is 1. The summed E-state index contributed by atoms with van der Waals surface area (Å²) in [7, 11) is 1.36. The molecule has 106 valence electrons. The van der Waals surface area contributed by atoms with E-state index >= 15 is 0 Å². The smallest absolute Gasteiger partial charge is 0.261 e. The van der Waals surface area contributed by atoms with Gasteiger partial charge in [0.25, 0.3) is 15.0 Å². The van der Waals surface area contributed by atoms with Gasteiger partial charge in [-0.2, -0.15) is 0 Å². The molecule has 0 aromatic heterocycles. The maximum atomic E-state index is 12.0. The van der Waals surface area contributed by atoms with Crippen molar-refractivity contribution in [1.82, 2.24) is 5.32 Å². The summed E-state index contributed by atoms with van der Waals surface area (Å²) in [6.07, 6.45) is 1.57. The molecule has 0 aliphatic carbocycles. The van der Waals surface area contributed by atoms with Crippen LogP contribution in [0.1, 0.15) is 37.0 Å². The summed E-state index contributed by atoms with van der Waals surface area (Å²) in [5.41, 5.74) is 0.107. The van der Waals surface area contributed by atoms with Crippen molar-refractivity contribution in [2.45, 2.75) is 37.6 Å². The molecule has 0 aliphatic heterocycles. The predicted molar refractivity (Wildman–Crippen MR) is 76.3 cm³/mol. The minimum atomic E-state index is -3.88. The molecule has 0 fully saturated rings. The van der Waals surface area contributed by atoms with Crippen molar-refractivity contribution < 1.29 is 13.2 Å². The molecule has 19 heavy (non-hydrogen) atoms. The highest BCUT2D eigenvalue weighted by atomic mass is 35.7. The Morgan fingerprint density at radius 2 is 1.89 bits per heavy atom. The average Bonchev–Trinajstić information content (AvgIpc) is 2.34. The van der Waals surface area contributed by atoms with Gasteiger partial charge in [0.15, 0.2) is 0 Å². The fourth-order valence-electron chi connectivity index (χ4n) is 1.59. The van der Waals surface area contributed by atoms with Crippen LogP contribution in [0.3, 0.4) is 0 Å². The van der Waals surface area contributed by atoms with E-state index in [-0.39, 0.29) is 21.5 Å². The number of benzene rings is 1. The van der Waals surface area contributed by atoms with Gasteiger partial charge in [-0.05, 0) is 31.0 Å². The van der Waals surface area contributed by atoms with Gasteiger partial charge in [-0.3, -0.25) is 4.79 Å². The minimum absolute atomic E-state index is 0.0276. The van der Waals surface area contributed by atoms with E-state index in [0.717, 1.165) is 12.8 Å². The predicted octanol–water partition coefficient (Wildman–Crippen LogP) is 3.19. The van der Waals surface area contributed by atoms with E-state index in [0.29, 0.717) is 0 Å². The van der Waals surface area contributed by atoms with E-state index < -0.39 is 15.0 Å². The second-order valence-corrected chi connectivity index (χ2v) is 7.04. The Bertz CT molecular complexity index is 568. The Hall–Kier alpha value is -0.780. The first-order chi connectivity index (χ1) is 8.79. The van der Waals surface area contributed by atoms with Crippen molar-refractivity contribution in [3.63, 3.8) is 0 Å². The quantitative estimate of drug-likeness (QED) is 0.846. The van der Waals surface area contributed by atoms with Gasteiger partial charge in [0.05, 0.1) is 15.5 Å². The highest BCUT2D eigenvalue weighted by Crippen LogP contribution is 2.23. The molecule has 4 nitrogen and oxygen atoms in total. The third kappa shape index (κ3) is 4.37. The molecule has 1 aromatic carbocycles. The van der Waals surface area contributed by atoms with Gasteiger partial charge in [0.2, 0.25) is 0 Å². The van der Waals surface area contributed by atoms with Gasteiger partial charge >= 0.3 is 0 Å². The highest BCUT2D eigenvalue weighted by Gasteiger charge is 2.18. The van der Waals surface area contributed by atoms with Crippen LogP contribution >= 0.6 is 22.3 Å². The molecule has 0 radical (unpaired) electrons. The van der Waals surface area contributed by atoms with Crippen molar-refractivity contribution in [1.29, 1.82) is 0 Å². The monoisotopic (exact) mass is 323 g/mol. The summed E-state index contributed by atoms with van der Waals surface area (Å²) in [4.78, 5) is 11.9. The maximum Gasteiger partial charge on any atom is 0.261 e. The van der Waals surface area contributed by atoms with Gasteiger partial charge in [-0.15, -0.1) is 0 Å². The van der Waals surface area contributed by atoms with Crippen molar-refractivity contribution >= 4 is 37.2 Å². The van der Waals surface area contributed by atoms with Gasteiger partial charge in [-0.1, -0.05) is 25.4 Å². The number of carbonyl (C=O) groups excluding carboxylic acids is 1. The highest BCUT2D eigenvalue weighted by molar-refractivity contribution is 8.13. The van der Waals surface area contributed by atoms with Crippen molar-refractivity contribution in [3.05, 3.63) is 28.8 Å². The fourth-order valence-corrected chi connectivity index (χ4v) is 2.57. The van der Waals surface area contributed by atoms with Gasteiger partial charge < -0.3 is 5.32 Å². The minimum Gasteiger partial charge on any atom is -0.349 e. The first kappa shape index (κ1) is 16.3. The summed E-state index contributed by atoms with van der Waals surface area (Å²) >= 11 is 5.91. The molecule has 7 heteroatoms. The zero-order valence-corrected chi connectivity index (χ0v) is 12.9. The van der Waals surface area contributed by atoms with Crippen LogP contribution in [-0.2, 0) is 9.05 Å². The first-order valence-electron chi connectivity index (χ1n) is 5.84. The molecule has 0 saturated heterocycles. The Balaban J connectivity index is 3.09. The topological polar surface area (TPSA) is 63.2 Å². The standard InChI is InChI=1S/C12H15Cl2NO3S/c1-3-8(4-2)15-12(16)10-7-9(19(14,17)18)5-6-11(10)13/h5-8H,3-4H2,1-2H3,(H,15,16). The molecule has 0 saturated carbocycles. The van der Waals surface area contributed by atoms with Crippen molar-refractivity contribution in [2.75, 3.05) is 0 Å². The summed E-state index contributed by atoms with van der Waals surface area (Å²) in [6.45, 7) is 3.91. The number of amides is 1. The molecular weight excluding hydrogens is 309 g/mol. The molecule has 0 heterocycles. The van der Waals surface area contributed by atoms with Crippen LogP contribution in [0.25, 0.3) is 0 Å². The molecule has 1 N–H and O–H groups in total. The molecular formula is C12H15Cl2NO3S. The zero-order valence-electron chi connectivity index (χ0n) is 10.6. The zero-order chi connectivity index (χ0) is 14.6. The molecule has 1 rings (SSSR count). The van der Waals surface area contributed by atoms with Gasteiger partial charge in [0.1, 0.15) is 0 Å². The lowest BCUT2D eigenvalue weighted by atomic mass is 10.1. The normalized spacial score (nSPS) is 11.6. The van der Waals surface area contributed by atoms with E-state index in [4.69, 9.17) is 22.3 Å². The van der Waals surface area contributed by atoms with E-state index in [1.165, 1.54) is 18.2 Å². The largest absolute Gasteiger partial charge is 0.349 e. The molecule has 0 spiro atoms. The number of hydrogen-bond acceptors (Lipinski definition) is 3. The second kappa shape index (κ2) is 6.59. The third-order valence-corrected chi connectivity index (χ3v) is 4.47. The van der Waals surface area contributed by atoms with Crippen LogP contribution in [0.4, 0.5) is 0 Å². The van der Waals surface area contributed by atoms with E-state index in [2.05, 4.69) is 5.32 Å². The summed E-state index contributed by atoms with van der Waals surface area (Å²) in [6, 6.07) is 3.82. The van der Waals surface area contributed by atoms with Crippen LogP contribution in [0.5, 0.6) is 0 Å². The third-order valence-electron chi connectivity index (χ3n) is 2.78. The van der Waals surface area contributed by atoms with Crippen LogP contribution in [0.2, 0.25) is 5.02 Å².